The van der Waals surface area contributed by atoms with Crippen molar-refractivity contribution in [3.05, 3.63) is 61.2 Å². The van der Waals surface area contributed by atoms with Crippen LogP contribution >= 0.6 is 39.0 Å². The van der Waals surface area contributed by atoms with E-state index in [1.807, 2.05) is 42.6 Å². The first-order valence-electron chi connectivity index (χ1n) is 8.14. The summed E-state index contributed by atoms with van der Waals surface area (Å²) in [4.78, 5) is 25.4. The average Bonchev–Trinajstić information content (AvgIpc) is 3.16. The van der Waals surface area contributed by atoms with Gasteiger partial charge in [0.2, 0.25) is 11.8 Å². The lowest BCUT2D eigenvalue weighted by Gasteiger charge is -2.23. The molecule has 2 aromatic rings. The molecule has 1 atom stereocenters. The molecule has 2 amide bonds. The highest BCUT2D eigenvalue weighted by atomic mass is 79.9. The van der Waals surface area contributed by atoms with Crippen LogP contribution in [0.3, 0.4) is 0 Å². The van der Waals surface area contributed by atoms with Crippen molar-refractivity contribution in [1.82, 2.24) is 5.32 Å². The molecule has 5 nitrogen and oxygen atoms in total. The molecule has 0 radical (unpaired) electrons. The minimum absolute atomic E-state index is 0.105. The zero-order chi connectivity index (χ0) is 19.4. The normalized spacial score (nSPS) is 16.6. The van der Waals surface area contributed by atoms with Crippen LogP contribution in [-0.4, -0.2) is 17.6 Å². The quantitative estimate of drug-likeness (QED) is 0.684. The predicted octanol–water partition coefficient (Wildman–Crippen LogP) is 4.53. The third-order valence-electron chi connectivity index (χ3n) is 4.05. The number of allylic oxidation sites excluding steroid dienone is 1. The van der Waals surface area contributed by atoms with Crippen LogP contribution in [0.25, 0.3) is 0 Å². The molecule has 0 saturated carbocycles. The molecule has 0 saturated heterocycles. The maximum Gasteiger partial charge on any atom is 0.234 e. The summed E-state index contributed by atoms with van der Waals surface area (Å²) in [7, 11) is 0. The van der Waals surface area contributed by atoms with Crippen LogP contribution < -0.4 is 10.6 Å². The summed E-state index contributed by atoms with van der Waals surface area (Å²) >= 11 is 6.10. The number of nitrogens with one attached hydrogen (secondary N) is 2. The molecule has 0 fully saturated rings. The third-order valence-corrected chi connectivity index (χ3v) is 6.55. The molecule has 0 unspecified atom stereocenters. The molecule has 1 aromatic heterocycles. The van der Waals surface area contributed by atoms with Crippen molar-refractivity contribution in [2.75, 3.05) is 11.1 Å². The Morgan fingerprint density at radius 1 is 1.48 bits per heavy atom. The Morgan fingerprint density at radius 2 is 2.30 bits per heavy atom. The topological polar surface area (TPSA) is 82.0 Å². The maximum absolute atomic E-state index is 12.3. The van der Waals surface area contributed by atoms with Crippen molar-refractivity contribution in [2.24, 2.45) is 0 Å². The monoisotopic (exact) mass is 461 g/mol. The van der Waals surface area contributed by atoms with Crippen LogP contribution in [0.2, 0.25) is 0 Å². The summed E-state index contributed by atoms with van der Waals surface area (Å²) < 4.78 is 0.945. The molecular formula is C19H16BrN3O2S2. The van der Waals surface area contributed by atoms with Gasteiger partial charge in [-0.2, -0.15) is 5.26 Å². The molecule has 27 heavy (non-hydrogen) atoms. The van der Waals surface area contributed by atoms with Crippen LogP contribution in [-0.2, 0) is 9.59 Å². The number of hydrogen-bond donors (Lipinski definition) is 2. The van der Waals surface area contributed by atoms with Crippen LogP contribution in [0.5, 0.6) is 0 Å². The Morgan fingerprint density at radius 3 is 2.96 bits per heavy atom. The van der Waals surface area contributed by atoms with E-state index in [2.05, 4.69) is 32.6 Å². The van der Waals surface area contributed by atoms with E-state index in [4.69, 9.17) is 0 Å². The van der Waals surface area contributed by atoms with Crippen LogP contribution in [0.15, 0.2) is 50.8 Å². The fraction of sp³-hybridized carbons (Fsp3) is 0.211. The van der Waals surface area contributed by atoms with Gasteiger partial charge < -0.3 is 10.6 Å². The molecule has 138 valence electrons. The lowest BCUT2D eigenvalue weighted by molar-refractivity contribution is -0.121. The molecule has 1 aliphatic heterocycles. The van der Waals surface area contributed by atoms with E-state index in [0.29, 0.717) is 10.6 Å². The second kappa shape index (κ2) is 8.74. The number of benzene rings is 1. The number of amides is 2. The molecule has 1 aliphatic rings. The van der Waals surface area contributed by atoms with Gasteiger partial charge in [-0.15, -0.1) is 11.3 Å². The van der Waals surface area contributed by atoms with Crippen LogP contribution in [0, 0.1) is 18.3 Å². The molecule has 0 bridgehead atoms. The van der Waals surface area contributed by atoms with Gasteiger partial charge in [0.1, 0.15) is 0 Å². The Bertz CT molecular complexity index is 948. The Hall–Kier alpha value is -2.08. The molecule has 1 aromatic carbocycles. The molecular weight excluding hydrogens is 446 g/mol. The summed E-state index contributed by atoms with van der Waals surface area (Å²) in [5, 5.41) is 17.6. The number of halogens is 1. The molecule has 0 spiro atoms. The highest BCUT2D eigenvalue weighted by Gasteiger charge is 2.30. The van der Waals surface area contributed by atoms with Gasteiger partial charge in [0.05, 0.1) is 22.4 Å². The fourth-order valence-electron chi connectivity index (χ4n) is 2.76. The van der Waals surface area contributed by atoms with Gasteiger partial charge >= 0.3 is 0 Å². The summed E-state index contributed by atoms with van der Waals surface area (Å²) in [6.45, 7) is 1.91. The van der Waals surface area contributed by atoms with Crippen molar-refractivity contribution >= 4 is 56.5 Å². The molecule has 2 heterocycles. The third kappa shape index (κ3) is 4.80. The van der Waals surface area contributed by atoms with Gasteiger partial charge in [0, 0.05) is 27.4 Å². The Balaban J connectivity index is 1.72. The first kappa shape index (κ1) is 19.7. The number of rotatable bonds is 5. The van der Waals surface area contributed by atoms with Gasteiger partial charge in [-0.3, -0.25) is 9.59 Å². The fourth-order valence-corrected chi connectivity index (χ4v) is 4.95. The zero-order valence-corrected chi connectivity index (χ0v) is 17.6. The Labute approximate surface area is 174 Å². The van der Waals surface area contributed by atoms with Crippen molar-refractivity contribution in [1.29, 1.82) is 5.26 Å². The van der Waals surface area contributed by atoms with Crippen molar-refractivity contribution in [3.8, 4) is 6.07 Å². The minimum Gasteiger partial charge on any atom is -0.325 e. The standard InChI is InChI=1S/C19H16BrN3O2S2/c1-11-7-12(20)4-5-15(11)22-18(25)10-27-19-14(9-21)13(8-17(24)23-19)16-3-2-6-26-16/h2-7,13H,8,10H2,1H3,(H,22,25)(H,23,24)/t13-/m1/s1. The second-order valence-electron chi connectivity index (χ2n) is 5.97. The first-order chi connectivity index (χ1) is 13.0. The van der Waals surface area contributed by atoms with E-state index in [1.165, 1.54) is 23.1 Å². The van der Waals surface area contributed by atoms with Gasteiger partial charge in [-0.1, -0.05) is 33.8 Å². The summed E-state index contributed by atoms with van der Waals surface area (Å²) in [5.74, 6) is -0.474. The van der Waals surface area contributed by atoms with Gasteiger partial charge in [0.25, 0.3) is 0 Å². The van der Waals surface area contributed by atoms with Crippen molar-refractivity contribution < 1.29 is 9.59 Å². The lowest BCUT2D eigenvalue weighted by atomic mass is 9.93. The van der Waals surface area contributed by atoms with Crippen molar-refractivity contribution in [3.63, 3.8) is 0 Å². The maximum atomic E-state index is 12.3. The number of thiophene rings is 1. The van der Waals surface area contributed by atoms with Gasteiger partial charge in [-0.25, -0.2) is 0 Å². The van der Waals surface area contributed by atoms with E-state index in [1.54, 1.807) is 0 Å². The van der Waals surface area contributed by atoms with Crippen LogP contribution in [0.1, 0.15) is 22.8 Å². The number of aryl methyl sites for hydroxylation is 1. The number of carbonyl (C=O) groups is 2. The Kier molecular flexibility index (Phi) is 6.37. The van der Waals surface area contributed by atoms with E-state index >= 15 is 0 Å². The summed E-state index contributed by atoms with van der Waals surface area (Å²) in [6.07, 6.45) is 0.248. The number of nitrogens with zero attached hydrogens (tertiary/aromatic N) is 1. The number of hydrogen-bond acceptors (Lipinski definition) is 5. The minimum atomic E-state index is -0.247. The number of nitriles is 1. The largest absolute Gasteiger partial charge is 0.325 e. The molecule has 3 rings (SSSR count). The predicted molar refractivity (Wildman–Crippen MR) is 112 cm³/mol. The summed E-state index contributed by atoms with van der Waals surface area (Å²) in [6, 6.07) is 11.7. The van der Waals surface area contributed by atoms with Gasteiger partial charge in [0.15, 0.2) is 0 Å². The highest BCUT2D eigenvalue weighted by molar-refractivity contribution is 9.10. The number of carbonyl (C=O) groups excluding carboxylic acids is 2. The SMILES string of the molecule is Cc1cc(Br)ccc1NC(=O)CSC1=C(C#N)[C@H](c2cccs2)CC(=O)N1. The first-order valence-corrected chi connectivity index (χ1v) is 10.8. The number of anilines is 1. The summed E-state index contributed by atoms with van der Waals surface area (Å²) in [5.41, 5.74) is 2.19. The lowest BCUT2D eigenvalue weighted by Crippen LogP contribution is -2.31. The average molecular weight is 462 g/mol. The van der Waals surface area contributed by atoms with E-state index in [9.17, 15) is 14.9 Å². The van der Waals surface area contributed by atoms with Gasteiger partial charge in [-0.05, 0) is 42.1 Å². The van der Waals surface area contributed by atoms with E-state index in [-0.39, 0.29) is 29.9 Å². The second-order valence-corrected chi connectivity index (χ2v) is 8.85. The van der Waals surface area contributed by atoms with Crippen molar-refractivity contribution in [2.45, 2.75) is 19.3 Å². The highest BCUT2D eigenvalue weighted by Crippen LogP contribution is 2.37. The van der Waals surface area contributed by atoms with E-state index in [0.717, 1.165) is 20.6 Å². The van der Waals surface area contributed by atoms with Crippen LogP contribution in [0.4, 0.5) is 5.69 Å². The number of thioether (sulfide) groups is 1. The smallest absolute Gasteiger partial charge is 0.234 e. The zero-order valence-electron chi connectivity index (χ0n) is 14.4. The molecule has 0 aliphatic carbocycles. The molecule has 8 heteroatoms. The molecule has 2 N–H and O–H groups in total. The van der Waals surface area contributed by atoms with E-state index < -0.39 is 0 Å².